The van der Waals surface area contributed by atoms with Gasteiger partial charge in [0, 0.05) is 18.7 Å². The Morgan fingerprint density at radius 3 is 2.75 bits per heavy atom. The Balaban J connectivity index is 2.80. The maximum atomic E-state index is 13.3. The lowest BCUT2D eigenvalue weighted by atomic mass is 10.1. The molecule has 88 valence electrons. The van der Waals surface area contributed by atoms with Crippen LogP contribution in [0.2, 0.25) is 0 Å². The molecule has 0 aromatic heterocycles. The van der Waals surface area contributed by atoms with Crippen molar-refractivity contribution in [1.29, 1.82) is 0 Å². The highest BCUT2D eigenvalue weighted by Gasteiger charge is 2.11. The summed E-state index contributed by atoms with van der Waals surface area (Å²) in [6.45, 7) is -0.144. The molecule has 0 fully saturated rings. The first-order valence-corrected chi connectivity index (χ1v) is 4.42. The summed E-state index contributed by atoms with van der Waals surface area (Å²) in [6.07, 6.45) is 0. The van der Waals surface area contributed by atoms with E-state index in [4.69, 9.17) is 9.94 Å². The molecule has 0 aliphatic heterocycles. The summed E-state index contributed by atoms with van der Waals surface area (Å²) in [5, 5.41) is 11.6. The van der Waals surface area contributed by atoms with Crippen LogP contribution in [0.1, 0.15) is 5.56 Å². The molecule has 1 rings (SSSR count). The van der Waals surface area contributed by atoms with Crippen molar-refractivity contribution in [3.8, 4) is 0 Å². The van der Waals surface area contributed by atoms with Crippen LogP contribution >= 0.6 is 0 Å². The summed E-state index contributed by atoms with van der Waals surface area (Å²) in [4.78, 5) is 0. The molecule has 0 unspecified atom stereocenters. The fraction of sp³-hybridized carbons (Fsp3) is 0.300. The number of hydrogen-bond acceptors (Lipinski definition) is 4. The van der Waals surface area contributed by atoms with E-state index in [2.05, 4.69) is 9.89 Å². The van der Waals surface area contributed by atoms with Gasteiger partial charge in [0.05, 0.1) is 6.61 Å². The fourth-order valence-corrected chi connectivity index (χ4v) is 1.11. The third kappa shape index (κ3) is 3.25. The molecule has 1 aromatic rings. The molecule has 0 aliphatic rings. The highest BCUT2D eigenvalue weighted by atomic mass is 19.1. The van der Waals surface area contributed by atoms with Crippen LogP contribution in [-0.2, 0) is 9.47 Å². The minimum atomic E-state index is -0.811. The average molecular weight is 231 g/mol. The van der Waals surface area contributed by atoms with E-state index >= 15 is 0 Å². The topological polar surface area (TPSA) is 51.0 Å². The van der Waals surface area contributed by atoms with Gasteiger partial charge in [0.25, 0.3) is 0 Å². The molecule has 0 aliphatic carbocycles. The van der Waals surface area contributed by atoms with Crippen LogP contribution < -0.4 is 0 Å². The third-order valence-electron chi connectivity index (χ3n) is 1.80. The van der Waals surface area contributed by atoms with Gasteiger partial charge in [-0.3, -0.25) is 0 Å². The van der Waals surface area contributed by atoms with Gasteiger partial charge in [-0.25, -0.2) is 8.78 Å². The van der Waals surface area contributed by atoms with Gasteiger partial charge in [0.2, 0.25) is 0 Å². The van der Waals surface area contributed by atoms with E-state index in [1.807, 2.05) is 0 Å². The molecule has 0 heterocycles. The van der Waals surface area contributed by atoms with Crippen LogP contribution in [0.3, 0.4) is 0 Å². The second kappa shape index (κ2) is 6.14. The van der Waals surface area contributed by atoms with Crippen molar-refractivity contribution in [2.45, 2.75) is 0 Å². The molecular weight excluding hydrogens is 220 g/mol. The number of hydrogen-bond donors (Lipinski definition) is 1. The molecule has 0 spiro atoms. The highest BCUT2D eigenvalue weighted by molar-refractivity contribution is 6.01. The predicted octanol–water partition coefficient (Wildman–Crippen LogP) is 1.76. The number of nitrogens with zero attached hydrogens (tertiary/aromatic N) is 1. The Hall–Kier alpha value is -1.53. The lowest BCUT2D eigenvalue weighted by Gasteiger charge is -2.06. The molecule has 6 heteroatoms. The van der Waals surface area contributed by atoms with Gasteiger partial charge < -0.3 is 14.7 Å². The largest absolute Gasteiger partial charge is 0.411 e. The molecule has 0 saturated carbocycles. The number of rotatable bonds is 5. The van der Waals surface area contributed by atoms with Crippen molar-refractivity contribution in [2.24, 2.45) is 5.16 Å². The fourth-order valence-electron chi connectivity index (χ4n) is 1.11. The van der Waals surface area contributed by atoms with Gasteiger partial charge in [0.1, 0.15) is 24.1 Å². The maximum absolute atomic E-state index is 13.3. The molecule has 0 saturated heterocycles. The molecule has 16 heavy (non-hydrogen) atoms. The van der Waals surface area contributed by atoms with Crippen LogP contribution in [0.4, 0.5) is 8.78 Å². The van der Waals surface area contributed by atoms with Gasteiger partial charge in [-0.05, 0) is 12.1 Å². The zero-order chi connectivity index (χ0) is 12.0. The van der Waals surface area contributed by atoms with E-state index in [0.29, 0.717) is 6.07 Å². The van der Waals surface area contributed by atoms with Crippen LogP contribution in [0.5, 0.6) is 0 Å². The van der Waals surface area contributed by atoms with Crippen molar-refractivity contribution < 1.29 is 23.5 Å². The first-order chi connectivity index (χ1) is 7.69. The summed E-state index contributed by atoms with van der Waals surface area (Å²) in [5.41, 5.74) is -0.0467. The van der Waals surface area contributed by atoms with Crippen molar-refractivity contribution in [1.82, 2.24) is 0 Å². The van der Waals surface area contributed by atoms with E-state index in [-0.39, 0.29) is 24.7 Å². The molecule has 0 radical (unpaired) electrons. The molecule has 0 bridgehead atoms. The van der Waals surface area contributed by atoms with E-state index in [1.54, 1.807) is 0 Å². The Morgan fingerprint density at radius 2 is 2.19 bits per heavy atom. The predicted molar refractivity (Wildman–Crippen MR) is 52.5 cm³/mol. The zero-order valence-corrected chi connectivity index (χ0v) is 8.61. The highest BCUT2D eigenvalue weighted by Crippen LogP contribution is 2.11. The van der Waals surface area contributed by atoms with Crippen molar-refractivity contribution in [2.75, 3.05) is 20.5 Å². The molecule has 4 nitrogen and oxygen atoms in total. The van der Waals surface area contributed by atoms with E-state index in [1.165, 1.54) is 13.2 Å². The second-order valence-corrected chi connectivity index (χ2v) is 2.93. The van der Waals surface area contributed by atoms with Gasteiger partial charge in [-0.2, -0.15) is 0 Å². The second-order valence-electron chi connectivity index (χ2n) is 2.93. The van der Waals surface area contributed by atoms with E-state index in [0.717, 1.165) is 6.07 Å². The summed E-state index contributed by atoms with van der Waals surface area (Å²) in [5.74, 6) is -1.51. The number of methoxy groups -OCH3 is 1. The Labute approximate surface area is 91.1 Å². The van der Waals surface area contributed by atoms with Gasteiger partial charge >= 0.3 is 0 Å². The lowest BCUT2D eigenvalue weighted by molar-refractivity contribution is -0.0149. The molecule has 1 N–H and O–H groups in total. The number of benzene rings is 1. The zero-order valence-electron chi connectivity index (χ0n) is 8.61. The minimum Gasteiger partial charge on any atom is -0.411 e. The standard InChI is InChI=1S/C10H11F2NO3/c1-15-6-16-5-10(13-14)8-3-2-7(11)4-9(8)12/h2-4,14H,5-6H2,1H3/b13-10+. The number of halogens is 2. The first kappa shape index (κ1) is 12.5. The monoisotopic (exact) mass is 231 g/mol. The molecular formula is C10H11F2NO3. The molecule has 1 aromatic carbocycles. The SMILES string of the molecule is COCOC/C(=N\O)c1ccc(F)cc1F. The average Bonchev–Trinajstić information content (AvgIpc) is 2.26. The minimum absolute atomic E-state index is 0.0121. The summed E-state index contributed by atoms with van der Waals surface area (Å²) in [7, 11) is 1.42. The van der Waals surface area contributed by atoms with Crippen molar-refractivity contribution in [3.63, 3.8) is 0 Å². The Morgan fingerprint density at radius 1 is 1.44 bits per heavy atom. The normalized spacial score (nSPS) is 11.8. The quantitative estimate of drug-likeness (QED) is 0.276. The lowest BCUT2D eigenvalue weighted by Crippen LogP contribution is -2.13. The van der Waals surface area contributed by atoms with Gasteiger partial charge in [-0.15, -0.1) is 0 Å². The van der Waals surface area contributed by atoms with E-state index in [9.17, 15) is 8.78 Å². The van der Waals surface area contributed by atoms with Crippen LogP contribution in [0.15, 0.2) is 23.4 Å². The molecule has 0 amide bonds. The third-order valence-corrected chi connectivity index (χ3v) is 1.80. The number of ether oxygens (including phenoxy) is 2. The first-order valence-electron chi connectivity index (χ1n) is 4.42. The molecule has 0 atom stereocenters. The summed E-state index contributed by atoms with van der Waals surface area (Å²) in [6, 6.07) is 2.95. The van der Waals surface area contributed by atoms with Crippen LogP contribution in [0.25, 0.3) is 0 Å². The van der Waals surface area contributed by atoms with Crippen molar-refractivity contribution in [3.05, 3.63) is 35.4 Å². The Kier molecular flexibility index (Phi) is 4.81. The maximum Gasteiger partial charge on any atom is 0.146 e. The van der Waals surface area contributed by atoms with Gasteiger partial charge in [-0.1, -0.05) is 5.16 Å². The van der Waals surface area contributed by atoms with Gasteiger partial charge in [0.15, 0.2) is 0 Å². The summed E-state index contributed by atoms with van der Waals surface area (Å²) < 4.78 is 35.4. The smallest absolute Gasteiger partial charge is 0.146 e. The Bertz CT molecular complexity index is 382. The van der Waals surface area contributed by atoms with Crippen molar-refractivity contribution >= 4 is 5.71 Å². The number of oxime groups is 1. The van der Waals surface area contributed by atoms with Crippen LogP contribution in [0, 0.1) is 11.6 Å². The van der Waals surface area contributed by atoms with E-state index < -0.39 is 11.6 Å². The van der Waals surface area contributed by atoms with Crippen LogP contribution in [-0.4, -0.2) is 31.4 Å². The summed E-state index contributed by atoms with van der Waals surface area (Å²) >= 11 is 0.